The fourth-order valence-corrected chi connectivity index (χ4v) is 3.50. The van der Waals surface area contributed by atoms with Gasteiger partial charge in [-0.15, -0.1) is 0 Å². The lowest BCUT2D eigenvalue weighted by atomic mass is 10.0. The Hall–Kier alpha value is -0.660. The predicted octanol–water partition coefficient (Wildman–Crippen LogP) is -0.394. The van der Waals surface area contributed by atoms with Gasteiger partial charge in [-0.3, -0.25) is 4.79 Å². The van der Waals surface area contributed by atoms with Gasteiger partial charge in [-0.2, -0.15) is 0 Å². The highest BCUT2D eigenvalue weighted by molar-refractivity contribution is 7.89. The van der Waals surface area contributed by atoms with Crippen LogP contribution < -0.4 is 5.73 Å². The van der Waals surface area contributed by atoms with Crippen LogP contribution in [0.15, 0.2) is 0 Å². The fourth-order valence-electron chi connectivity index (χ4n) is 2.27. The van der Waals surface area contributed by atoms with Crippen LogP contribution in [-0.4, -0.2) is 61.5 Å². The minimum atomic E-state index is -3.56. The average Bonchev–Trinajstić information content (AvgIpc) is 2.26. The van der Waals surface area contributed by atoms with Crippen LogP contribution in [0.2, 0.25) is 0 Å². The van der Waals surface area contributed by atoms with Crippen molar-refractivity contribution in [3.8, 4) is 0 Å². The summed E-state index contributed by atoms with van der Waals surface area (Å²) < 4.78 is 25.0. The van der Waals surface area contributed by atoms with Gasteiger partial charge in [0.05, 0.1) is 0 Å². The SMILES string of the molecule is CC(C)N1CCC(N(C)S(=O)(=O)CC(N)=O)CC1. The zero-order valence-electron chi connectivity index (χ0n) is 11.3. The molecule has 1 amide bonds. The summed E-state index contributed by atoms with van der Waals surface area (Å²) in [6, 6.07) is 0.461. The number of hydrogen-bond acceptors (Lipinski definition) is 4. The lowest BCUT2D eigenvalue weighted by molar-refractivity contribution is -0.115. The van der Waals surface area contributed by atoms with Gasteiger partial charge in [-0.1, -0.05) is 0 Å². The van der Waals surface area contributed by atoms with Gasteiger partial charge in [0.1, 0.15) is 5.75 Å². The van der Waals surface area contributed by atoms with E-state index in [0.717, 1.165) is 25.9 Å². The number of nitrogens with zero attached hydrogens (tertiary/aromatic N) is 2. The zero-order chi connectivity index (χ0) is 13.9. The van der Waals surface area contributed by atoms with Crippen LogP contribution in [-0.2, 0) is 14.8 Å². The van der Waals surface area contributed by atoms with Gasteiger partial charge < -0.3 is 10.6 Å². The Morgan fingerprint density at radius 1 is 1.39 bits per heavy atom. The topological polar surface area (TPSA) is 83.7 Å². The first kappa shape index (κ1) is 15.4. The maximum absolute atomic E-state index is 11.9. The second-order valence-corrected chi connectivity index (χ2v) is 7.13. The van der Waals surface area contributed by atoms with Crippen LogP contribution in [0.5, 0.6) is 0 Å². The number of primary amides is 1. The third-order valence-corrected chi connectivity index (χ3v) is 5.33. The van der Waals surface area contributed by atoms with Crippen LogP contribution in [0.3, 0.4) is 0 Å². The fraction of sp³-hybridized carbons (Fsp3) is 0.909. The van der Waals surface area contributed by atoms with E-state index in [4.69, 9.17) is 5.73 Å². The molecule has 0 aromatic carbocycles. The molecule has 0 radical (unpaired) electrons. The van der Waals surface area contributed by atoms with Gasteiger partial charge in [0.2, 0.25) is 15.9 Å². The molecule has 6 nitrogen and oxygen atoms in total. The molecular weight excluding hydrogens is 254 g/mol. The molecule has 1 aliphatic rings. The van der Waals surface area contributed by atoms with E-state index >= 15 is 0 Å². The number of sulfonamides is 1. The first-order valence-corrected chi connectivity index (χ1v) is 7.83. The maximum Gasteiger partial charge on any atom is 0.234 e. The molecule has 0 unspecified atom stereocenters. The molecule has 0 aliphatic carbocycles. The van der Waals surface area contributed by atoms with E-state index < -0.39 is 21.7 Å². The summed E-state index contributed by atoms with van der Waals surface area (Å²) >= 11 is 0. The summed E-state index contributed by atoms with van der Waals surface area (Å²) in [6.07, 6.45) is 1.60. The Morgan fingerprint density at radius 3 is 2.28 bits per heavy atom. The highest BCUT2D eigenvalue weighted by Crippen LogP contribution is 2.19. The van der Waals surface area contributed by atoms with Gasteiger partial charge >= 0.3 is 0 Å². The number of rotatable bonds is 5. The van der Waals surface area contributed by atoms with Crippen molar-refractivity contribution in [3.63, 3.8) is 0 Å². The van der Waals surface area contributed by atoms with Crippen LogP contribution in [0.25, 0.3) is 0 Å². The summed E-state index contributed by atoms with van der Waals surface area (Å²) in [6.45, 7) is 6.04. The Bertz CT molecular complexity index is 386. The van der Waals surface area contributed by atoms with E-state index in [-0.39, 0.29) is 6.04 Å². The summed E-state index contributed by atoms with van der Waals surface area (Å²) in [7, 11) is -2.02. The third kappa shape index (κ3) is 3.93. The largest absolute Gasteiger partial charge is 0.369 e. The summed E-state index contributed by atoms with van der Waals surface area (Å²) in [5.74, 6) is -1.41. The minimum Gasteiger partial charge on any atom is -0.369 e. The lowest BCUT2D eigenvalue weighted by Gasteiger charge is -2.37. The van der Waals surface area contributed by atoms with Crippen molar-refractivity contribution in [2.24, 2.45) is 5.73 Å². The molecule has 18 heavy (non-hydrogen) atoms. The van der Waals surface area contributed by atoms with Crippen molar-refractivity contribution in [1.29, 1.82) is 0 Å². The Kier molecular flexibility index (Phi) is 5.12. The molecule has 1 heterocycles. The Labute approximate surface area is 109 Å². The molecule has 1 fully saturated rings. The first-order valence-electron chi connectivity index (χ1n) is 6.22. The summed E-state index contributed by atoms with van der Waals surface area (Å²) in [4.78, 5) is 13.1. The quantitative estimate of drug-likeness (QED) is 0.741. The van der Waals surface area contributed by atoms with Crippen molar-refractivity contribution >= 4 is 15.9 Å². The Morgan fingerprint density at radius 2 is 1.89 bits per heavy atom. The average molecular weight is 277 g/mol. The van der Waals surface area contributed by atoms with E-state index in [2.05, 4.69) is 18.7 Å². The number of hydrogen-bond donors (Lipinski definition) is 1. The smallest absolute Gasteiger partial charge is 0.234 e. The molecular formula is C11H23N3O3S. The molecule has 0 atom stereocenters. The maximum atomic E-state index is 11.9. The monoisotopic (exact) mass is 277 g/mol. The highest BCUT2D eigenvalue weighted by atomic mass is 32.2. The van der Waals surface area contributed by atoms with Crippen molar-refractivity contribution in [2.45, 2.75) is 38.8 Å². The van der Waals surface area contributed by atoms with Crippen LogP contribution in [0, 0.1) is 0 Å². The van der Waals surface area contributed by atoms with Crippen LogP contribution in [0.1, 0.15) is 26.7 Å². The molecule has 0 bridgehead atoms. The molecule has 0 spiro atoms. The normalized spacial score (nSPS) is 19.6. The minimum absolute atomic E-state index is 0.0238. The van der Waals surface area contributed by atoms with E-state index in [1.54, 1.807) is 0 Å². The van der Waals surface area contributed by atoms with E-state index in [1.165, 1.54) is 11.4 Å². The molecule has 0 aromatic heterocycles. The second kappa shape index (κ2) is 5.99. The lowest BCUT2D eigenvalue weighted by Crippen LogP contribution is -2.48. The predicted molar refractivity (Wildman–Crippen MR) is 70.5 cm³/mol. The summed E-state index contributed by atoms with van der Waals surface area (Å²) in [5, 5.41) is 0. The van der Waals surface area contributed by atoms with Crippen LogP contribution >= 0.6 is 0 Å². The van der Waals surface area contributed by atoms with Crippen molar-refractivity contribution < 1.29 is 13.2 Å². The number of piperidine rings is 1. The Balaban J connectivity index is 2.59. The number of likely N-dealkylation sites (tertiary alicyclic amines) is 1. The van der Waals surface area contributed by atoms with Crippen molar-refractivity contribution in [1.82, 2.24) is 9.21 Å². The van der Waals surface area contributed by atoms with Gasteiger partial charge in [-0.05, 0) is 39.8 Å². The molecule has 0 aromatic rings. The van der Waals surface area contributed by atoms with Crippen molar-refractivity contribution in [3.05, 3.63) is 0 Å². The molecule has 1 saturated heterocycles. The van der Waals surface area contributed by atoms with Gasteiger partial charge in [0, 0.05) is 19.1 Å². The number of carbonyl (C=O) groups is 1. The van der Waals surface area contributed by atoms with E-state index in [1.807, 2.05) is 0 Å². The van der Waals surface area contributed by atoms with Crippen molar-refractivity contribution in [2.75, 3.05) is 25.9 Å². The molecule has 106 valence electrons. The van der Waals surface area contributed by atoms with E-state index in [9.17, 15) is 13.2 Å². The van der Waals surface area contributed by atoms with Gasteiger partial charge in [-0.25, -0.2) is 12.7 Å². The highest BCUT2D eigenvalue weighted by Gasteiger charge is 2.31. The number of nitrogens with two attached hydrogens (primary N) is 1. The first-order chi connectivity index (χ1) is 8.24. The summed E-state index contributed by atoms with van der Waals surface area (Å²) in [5.41, 5.74) is 4.95. The molecule has 1 rings (SSSR count). The van der Waals surface area contributed by atoms with Gasteiger partial charge in [0.15, 0.2) is 0 Å². The third-order valence-electron chi connectivity index (χ3n) is 3.51. The van der Waals surface area contributed by atoms with E-state index in [0.29, 0.717) is 6.04 Å². The number of carbonyl (C=O) groups excluding carboxylic acids is 1. The number of amides is 1. The molecule has 2 N–H and O–H groups in total. The van der Waals surface area contributed by atoms with Gasteiger partial charge in [0.25, 0.3) is 0 Å². The van der Waals surface area contributed by atoms with Crippen LogP contribution in [0.4, 0.5) is 0 Å². The standard InChI is InChI=1S/C11H23N3O3S/c1-9(2)14-6-4-10(5-7-14)13(3)18(16,17)8-11(12)15/h9-10H,4-8H2,1-3H3,(H2,12,15). The molecule has 7 heteroatoms. The molecule has 0 saturated carbocycles. The zero-order valence-corrected chi connectivity index (χ0v) is 12.1. The molecule has 1 aliphatic heterocycles. The second-order valence-electron chi connectivity index (χ2n) is 5.10.